The van der Waals surface area contributed by atoms with Gasteiger partial charge in [0.1, 0.15) is 0 Å². The third-order valence-corrected chi connectivity index (χ3v) is 6.77. The Kier molecular flexibility index (Phi) is 5.34. The predicted octanol–water partition coefficient (Wildman–Crippen LogP) is 3.59. The molecule has 25 heavy (non-hydrogen) atoms. The van der Waals surface area contributed by atoms with E-state index >= 15 is 0 Å². The first kappa shape index (κ1) is 17.8. The molecule has 1 amide bonds. The van der Waals surface area contributed by atoms with Gasteiger partial charge in [-0.3, -0.25) is 9.10 Å². The summed E-state index contributed by atoms with van der Waals surface area (Å²) in [6.07, 6.45) is 3.47. The number of sulfonamides is 1. The van der Waals surface area contributed by atoms with E-state index in [-0.39, 0.29) is 11.7 Å². The van der Waals surface area contributed by atoms with E-state index < -0.39 is 10.0 Å². The number of amides is 1. The van der Waals surface area contributed by atoms with Crippen molar-refractivity contribution in [1.82, 2.24) is 0 Å². The highest BCUT2D eigenvalue weighted by Crippen LogP contribution is 2.27. The number of thioether (sulfide) groups is 1. The molecule has 1 saturated heterocycles. The average Bonchev–Trinajstić information content (AvgIpc) is 2.62. The van der Waals surface area contributed by atoms with Gasteiger partial charge in [-0.25, -0.2) is 8.42 Å². The fraction of sp³-hybridized carbons (Fsp3) is 0.278. The number of carbonyl (C=O) groups excluding carboxylic acids is 1. The molecule has 7 heteroatoms. The van der Waals surface area contributed by atoms with Gasteiger partial charge in [-0.1, -0.05) is 18.2 Å². The van der Waals surface area contributed by atoms with Gasteiger partial charge in [-0.2, -0.15) is 0 Å². The van der Waals surface area contributed by atoms with Crippen LogP contribution >= 0.6 is 11.8 Å². The Labute approximate surface area is 152 Å². The Morgan fingerprint density at radius 3 is 2.68 bits per heavy atom. The number of carbonyl (C=O) groups is 1. The molecule has 0 atom stereocenters. The van der Waals surface area contributed by atoms with Crippen LogP contribution in [0.5, 0.6) is 0 Å². The third-order valence-electron chi connectivity index (χ3n) is 4.10. The minimum Gasteiger partial charge on any atom is -0.321 e. The Morgan fingerprint density at radius 1 is 1.12 bits per heavy atom. The van der Waals surface area contributed by atoms with Gasteiger partial charge in [-0.15, -0.1) is 11.8 Å². The topological polar surface area (TPSA) is 66.5 Å². The molecule has 1 aliphatic heterocycles. The van der Waals surface area contributed by atoms with Crippen molar-refractivity contribution >= 4 is 39.1 Å². The summed E-state index contributed by atoms with van der Waals surface area (Å²) in [5.74, 6) is -0.0948. The minimum absolute atomic E-state index is 0.157. The highest BCUT2D eigenvalue weighted by atomic mass is 32.2. The Morgan fingerprint density at radius 2 is 1.92 bits per heavy atom. The summed E-state index contributed by atoms with van der Waals surface area (Å²) in [7, 11) is -3.29. The Bertz CT molecular complexity index is 881. The van der Waals surface area contributed by atoms with Crippen LogP contribution in [-0.4, -0.2) is 32.9 Å². The zero-order chi connectivity index (χ0) is 17.9. The molecule has 3 rings (SSSR count). The maximum atomic E-state index is 12.6. The molecule has 132 valence electrons. The zero-order valence-electron chi connectivity index (χ0n) is 13.9. The molecule has 5 nitrogen and oxygen atoms in total. The van der Waals surface area contributed by atoms with E-state index in [9.17, 15) is 13.2 Å². The van der Waals surface area contributed by atoms with Crippen molar-refractivity contribution in [2.45, 2.75) is 17.7 Å². The Hall–Kier alpha value is -1.99. The number of benzene rings is 2. The molecule has 1 fully saturated rings. The van der Waals surface area contributed by atoms with E-state index in [0.717, 1.165) is 17.0 Å². The van der Waals surface area contributed by atoms with Crippen molar-refractivity contribution in [3.8, 4) is 0 Å². The molecule has 1 heterocycles. The predicted molar refractivity (Wildman–Crippen MR) is 103 cm³/mol. The van der Waals surface area contributed by atoms with Crippen LogP contribution in [-0.2, 0) is 10.0 Å². The molecule has 1 N–H and O–H groups in total. The molecule has 0 aliphatic carbocycles. The van der Waals surface area contributed by atoms with Gasteiger partial charge in [0.15, 0.2) is 0 Å². The van der Waals surface area contributed by atoms with Crippen LogP contribution in [0.1, 0.15) is 23.2 Å². The van der Waals surface area contributed by atoms with Crippen LogP contribution in [0.15, 0.2) is 53.4 Å². The lowest BCUT2D eigenvalue weighted by Crippen LogP contribution is -2.37. The van der Waals surface area contributed by atoms with Crippen molar-refractivity contribution in [2.75, 3.05) is 28.2 Å². The number of hydrogen-bond acceptors (Lipinski definition) is 4. The van der Waals surface area contributed by atoms with E-state index in [4.69, 9.17) is 0 Å². The smallest absolute Gasteiger partial charge is 0.255 e. The molecule has 0 aromatic heterocycles. The molecule has 0 bridgehead atoms. The number of anilines is 2. The van der Waals surface area contributed by atoms with Gasteiger partial charge >= 0.3 is 0 Å². The summed E-state index contributed by atoms with van der Waals surface area (Å²) in [5, 5.41) is 2.90. The molecule has 1 aliphatic rings. The fourth-order valence-corrected chi connectivity index (χ4v) is 5.01. The first-order chi connectivity index (χ1) is 12.0. The van der Waals surface area contributed by atoms with Crippen molar-refractivity contribution in [3.63, 3.8) is 0 Å². The molecule has 0 saturated carbocycles. The lowest BCUT2D eigenvalue weighted by Gasteiger charge is -2.28. The summed E-state index contributed by atoms with van der Waals surface area (Å²) < 4.78 is 25.9. The van der Waals surface area contributed by atoms with Gasteiger partial charge < -0.3 is 5.32 Å². The summed E-state index contributed by atoms with van der Waals surface area (Å²) in [5.41, 5.74) is 1.73. The fourth-order valence-electron chi connectivity index (χ4n) is 2.82. The van der Waals surface area contributed by atoms with E-state index in [0.29, 0.717) is 24.2 Å². The summed E-state index contributed by atoms with van der Waals surface area (Å²) in [6, 6.07) is 14.4. The number of nitrogens with one attached hydrogen (secondary N) is 1. The van der Waals surface area contributed by atoms with Crippen LogP contribution in [0.2, 0.25) is 0 Å². The number of hydrogen-bond donors (Lipinski definition) is 1. The quantitative estimate of drug-likeness (QED) is 0.828. The summed E-state index contributed by atoms with van der Waals surface area (Å²) in [6.45, 7) is 0.461. The highest BCUT2D eigenvalue weighted by molar-refractivity contribution is 7.98. The third kappa shape index (κ3) is 3.99. The zero-order valence-corrected chi connectivity index (χ0v) is 15.6. The Balaban J connectivity index is 1.85. The normalized spacial score (nSPS) is 16.4. The van der Waals surface area contributed by atoms with Gasteiger partial charge in [-0.05, 0) is 49.4 Å². The van der Waals surface area contributed by atoms with Crippen molar-refractivity contribution in [1.29, 1.82) is 0 Å². The lowest BCUT2D eigenvalue weighted by atomic mass is 10.1. The largest absolute Gasteiger partial charge is 0.321 e. The van der Waals surface area contributed by atoms with E-state index in [2.05, 4.69) is 5.32 Å². The SMILES string of the molecule is CSc1ccccc1NC(=O)c1cccc(N2CCCCS2(=O)=O)c1. The second kappa shape index (κ2) is 7.49. The lowest BCUT2D eigenvalue weighted by molar-refractivity contribution is 0.102. The summed E-state index contributed by atoms with van der Waals surface area (Å²) >= 11 is 1.56. The van der Waals surface area contributed by atoms with E-state index in [1.54, 1.807) is 36.0 Å². The van der Waals surface area contributed by atoms with E-state index in [1.165, 1.54) is 4.31 Å². The van der Waals surface area contributed by atoms with E-state index in [1.807, 2.05) is 30.5 Å². The number of nitrogens with zero attached hydrogens (tertiary/aromatic N) is 1. The molecule has 2 aromatic rings. The van der Waals surface area contributed by atoms with Gasteiger partial charge in [0.25, 0.3) is 5.91 Å². The maximum absolute atomic E-state index is 12.6. The maximum Gasteiger partial charge on any atom is 0.255 e. The molecule has 2 aromatic carbocycles. The van der Waals surface area contributed by atoms with Crippen LogP contribution in [0, 0.1) is 0 Å². The van der Waals surface area contributed by atoms with Crippen molar-refractivity contribution in [2.24, 2.45) is 0 Å². The minimum atomic E-state index is -3.29. The molecule has 0 spiro atoms. The van der Waals surface area contributed by atoms with Crippen molar-refractivity contribution < 1.29 is 13.2 Å². The monoisotopic (exact) mass is 376 g/mol. The van der Waals surface area contributed by atoms with Crippen molar-refractivity contribution in [3.05, 3.63) is 54.1 Å². The van der Waals surface area contributed by atoms with Crippen LogP contribution < -0.4 is 9.62 Å². The number of rotatable bonds is 4. The summed E-state index contributed by atoms with van der Waals surface area (Å²) in [4.78, 5) is 13.6. The molecular formula is C18H20N2O3S2. The number of para-hydroxylation sites is 1. The van der Waals surface area contributed by atoms with Crippen LogP contribution in [0.4, 0.5) is 11.4 Å². The molecular weight excluding hydrogens is 356 g/mol. The average molecular weight is 377 g/mol. The second-order valence-corrected chi connectivity index (χ2v) is 8.66. The van der Waals surface area contributed by atoms with Gasteiger partial charge in [0, 0.05) is 17.0 Å². The first-order valence-electron chi connectivity index (χ1n) is 8.06. The van der Waals surface area contributed by atoms with Gasteiger partial charge in [0.2, 0.25) is 10.0 Å². The molecule has 0 radical (unpaired) electrons. The first-order valence-corrected chi connectivity index (χ1v) is 10.9. The second-order valence-electron chi connectivity index (χ2n) is 5.80. The molecule has 0 unspecified atom stereocenters. The highest BCUT2D eigenvalue weighted by Gasteiger charge is 2.26. The van der Waals surface area contributed by atoms with Gasteiger partial charge in [0.05, 0.1) is 17.1 Å². The van der Waals surface area contributed by atoms with Crippen LogP contribution in [0.25, 0.3) is 0 Å². The standard InChI is InChI=1S/C18H20N2O3S2/c1-24-17-10-3-2-9-16(17)19-18(21)14-7-6-8-15(13-14)20-11-4-5-12-25(20,22)23/h2-3,6-10,13H,4-5,11-12H2,1H3,(H,19,21). The van der Waals surface area contributed by atoms with Crippen LogP contribution in [0.3, 0.4) is 0 Å².